The summed E-state index contributed by atoms with van der Waals surface area (Å²) in [7, 11) is 0. The maximum Gasteiger partial charge on any atom is 0.417 e. The highest BCUT2D eigenvalue weighted by Gasteiger charge is 2.33. The first-order chi connectivity index (χ1) is 9.36. The van der Waals surface area contributed by atoms with E-state index < -0.39 is 17.8 Å². The van der Waals surface area contributed by atoms with Gasteiger partial charge in [0.15, 0.2) is 0 Å². The molecule has 110 valence electrons. The van der Waals surface area contributed by atoms with Crippen LogP contribution in [-0.2, 0) is 10.9 Å². The highest BCUT2D eigenvalue weighted by atomic mass is 79.9. The summed E-state index contributed by atoms with van der Waals surface area (Å²) in [5.74, 6) is 0. The predicted molar refractivity (Wildman–Crippen MR) is 70.5 cm³/mol. The third-order valence-corrected chi connectivity index (χ3v) is 3.49. The smallest absolute Gasteiger partial charge is 0.379 e. The normalized spacial score (nSPS) is 18.9. The van der Waals surface area contributed by atoms with Gasteiger partial charge in [0.2, 0.25) is 0 Å². The molecule has 0 aliphatic carbocycles. The van der Waals surface area contributed by atoms with Crippen molar-refractivity contribution in [2.24, 2.45) is 0 Å². The van der Waals surface area contributed by atoms with Crippen molar-refractivity contribution in [2.45, 2.75) is 18.6 Å². The van der Waals surface area contributed by atoms with Gasteiger partial charge in [-0.05, 0) is 24.6 Å². The number of nitrogens with one attached hydrogen (secondary N) is 2. The minimum atomic E-state index is -4.48. The molecule has 1 unspecified atom stereocenters. The number of carbonyl (C=O) groups is 1. The topological polar surface area (TPSA) is 50.4 Å². The lowest BCUT2D eigenvalue weighted by Crippen LogP contribution is -2.38. The van der Waals surface area contributed by atoms with Crippen molar-refractivity contribution in [3.8, 4) is 0 Å². The van der Waals surface area contributed by atoms with Gasteiger partial charge >= 0.3 is 12.2 Å². The Hall–Kier alpha value is -1.28. The molecule has 1 saturated heterocycles. The number of alkyl halides is 3. The summed E-state index contributed by atoms with van der Waals surface area (Å²) >= 11 is 2.84. The lowest BCUT2D eigenvalue weighted by molar-refractivity contribution is -0.138. The Balaban J connectivity index is 2.04. The summed E-state index contributed by atoms with van der Waals surface area (Å²) < 4.78 is 43.2. The molecule has 2 N–H and O–H groups in total. The van der Waals surface area contributed by atoms with Crippen LogP contribution in [0.2, 0.25) is 0 Å². The number of carbonyl (C=O) groups excluding carboxylic acids is 1. The average Bonchev–Trinajstić information content (AvgIpc) is 2.83. The van der Waals surface area contributed by atoms with Crippen LogP contribution in [0.5, 0.6) is 0 Å². The Morgan fingerprint density at radius 2 is 2.15 bits per heavy atom. The number of benzene rings is 1. The van der Waals surface area contributed by atoms with E-state index in [0.29, 0.717) is 19.6 Å². The molecule has 1 aromatic carbocycles. The van der Waals surface area contributed by atoms with Crippen LogP contribution in [0.1, 0.15) is 12.0 Å². The van der Waals surface area contributed by atoms with Crippen molar-refractivity contribution in [1.82, 2.24) is 5.32 Å². The van der Waals surface area contributed by atoms with Crippen molar-refractivity contribution in [1.29, 1.82) is 0 Å². The number of anilines is 1. The second kappa shape index (κ2) is 6.01. The molecule has 1 atom stereocenters. The lowest BCUT2D eigenvalue weighted by atomic mass is 10.2. The monoisotopic (exact) mass is 352 g/mol. The number of ether oxygens (including phenoxy) is 1. The van der Waals surface area contributed by atoms with Gasteiger partial charge in [-0.25, -0.2) is 4.79 Å². The maximum absolute atomic E-state index is 12.7. The van der Waals surface area contributed by atoms with Crippen molar-refractivity contribution in [2.75, 3.05) is 18.5 Å². The Morgan fingerprint density at radius 3 is 2.75 bits per heavy atom. The van der Waals surface area contributed by atoms with Crippen molar-refractivity contribution < 1.29 is 22.7 Å². The maximum atomic E-state index is 12.7. The fourth-order valence-corrected chi connectivity index (χ4v) is 2.29. The van der Waals surface area contributed by atoms with Crippen molar-refractivity contribution in [3.63, 3.8) is 0 Å². The molecule has 0 bridgehead atoms. The number of hydrogen-bond donors (Lipinski definition) is 2. The van der Waals surface area contributed by atoms with E-state index in [0.717, 1.165) is 6.07 Å². The molecule has 4 nitrogen and oxygen atoms in total. The van der Waals surface area contributed by atoms with Crippen molar-refractivity contribution in [3.05, 3.63) is 28.2 Å². The molecular weight excluding hydrogens is 341 g/mol. The van der Waals surface area contributed by atoms with E-state index >= 15 is 0 Å². The van der Waals surface area contributed by atoms with Gasteiger partial charge in [0, 0.05) is 16.8 Å². The Labute approximate surface area is 121 Å². The summed E-state index contributed by atoms with van der Waals surface area (Å²) in [6.45, 7) is 0.989. The SMILES string of the molecule is O=C(Nc1ccc(Br)c(C(F)(F)F)c1)NC1CCOC1. The molecule has 8 heteroatoms. The molecule has 1 aliphatic heterocycles. The van der Waals surface area contributed by atoms with Crippen LogP contribution in [-0.4, -0.2) is 25.3 Å². The number of halogens is 4. The molecule has 0 spiro atoms. The zero-order valence-electron chi connectivity index (χ0n) is 10.3. The third kappa shape index (κ3) is 3.86. The average molecular weight is 353 g/mol. The molecule has 1 fully saturated rings. The minimum absolute atomic E-state index is 0.0693. The number of amides is 2. The molecule has 2 amide bonds. The Bertz CT molecular complexity index is 502. The van der Waals surface area contributed by atoms with E-state index in [4.69, 9.17) is 4.74 Å². The molecule has 1 aliphatic rings. The zero-order valence-corrected chi connectivity index (χ0v) is 11.8. The van der Waals surface area contributed by atoms with Gasteiger partial charge in [-0.2, -0.15) is 13.2 Å². The van der Waals surface area contributed by atoms with Crippen LogP contribution in [0, 0.1) is 0 Å². The highest BCUT2D eigenvalue weighted by Crippen LogP contribution is 2.36. The van der Waals surface area contributed by atoms with Gasteiger partial charge in [-0.15, -0.1) is 0 Å². The van der Waals surface area contributed by atoms with Crippen LogP contribution in [0.25, 0.3) is 0 Å². The molecule has 0 radical (unpaired) electrons. The summed E-state index contributed by atoms with van der Waals surface area (Å²) in [6.07, 6.45) is -3.78. The summed E-state index contributed by atoms with van der Waals surface area (Å²) in [5, 5.41) is 5.01. The van der Waals surface area contributed by atoms with Crippen LogP contribution >= 0.6 is 15.9 Å². The minimum Gasteiger partial charge on any atom is -0.379 e. The zero-order chi connectivity index (χ0) is 14.8. The van der Waals surface area contributed by atoms with E-state index in [1.54, 1.807) is 0 Å². The van der Waals surface area contributed by atoms with Gasteiger partial charge in [0.1, 0.15) is 0 Å². The van der Waals surface area contributed by atoms with Gasteiger partial charge in [0.05, 0.1) is 18.2 Å². The predicted octanol–water partition coefficient (Wildman–Crippen LogP) is 3.38. The van der Waals surface area contributed by atoms with Crippen LogP contribution in [0.3, 0.4) is 0 Å². The summed E-state index contributed by atoms with van der Waals surface area (Å²) in [4.78, 5) is 11.6. The van der Waals surface area contributed by atoms with E-state index in [1.165, 1.54) is 12.1 Å². The molecular formula is C12H12BrF3N2O2. The van der Waals surface area contributed by atoms with Crippen LogP contribution in [0.4, 0.5) is 23.7 Å². The quantitative estimate of drug-likeness (QED) is 0.857. The largest absolute Gasteiger partial charge is 0.417 e. The first kappa shape index (κ1) is 15.1. The first-order valence-corrected chi connectivity index (χ1v) is 6.67. The molecule has 20 heavy (non-hydrogen) atoms. The molecule has 1 heterocycles. The second-order valence-electron chi connectivity index (χ2n) is 4.35. The fraction of sp³-hybridized carbons (Fsp3) is 0.417. The highest BCUT2D eigenvalue weighted by molar-refractivity contribution is 9.10. The summed E-state index contributed by atoms with van der Waals surface area (Å²) in [6, 6.07) is 2.87. The van der Waals surface area contributed by atoms with E-state index in [1.807, 2.05) is 0 Å². The van der Waals surface area contributed by atoms with E-state index in [-0.39, 0.29) is 16.2 Å². The molecule has 0 saturated carbocycles. The lowest BCUT2D eigenvalue weighted by Gasteiger charge is -2.14. The standard InChI is InChI=1S/C12H12BrF3N2O2/c13-10-2-1-7(5-9(10)12(14,15)16)17-11(19)18-8-3-4-20-6-8/h1-2,5,8H,3-4,6H2,(H2,17,18,19). The molecule has 1 aromatic rings. The summed E-state index contributed by atoms with van der Waals surface area (Å²) in [5.41, 5.74) is -0.753. The van der Waals surface area contributed by atoms with Gasteiger partial charge < -0.3 is 15.4 Å². The Kier molecular flexibility index (Phi) is 4.54. The number of urea groups is 1. The first-order valence-electron chi connectivity index (χ1n) is 5.88. The van der Waals surface area contributed by atoms with Crippen LogP contribution < -0.4 is 10.6 Å². The number of rotatable bonds is 2. The molecule has 2 rings (SSSR count). The van der Waals surface area contributed by atoms with Gasteiger partial charge in [-0.1, -0.05) is 15.9 Å². The Morgan fingerprint density at radius 1 is 1.40 bits per heavy atom. The second-order valence-corrected chi connectivity index (χ2v) is 5.21. The third-order valence-electron chi connectivity index (χ3n) is 2.79. The molecule has 0 aromatic heterocycles. The number of hydrogen-bond acceptors (Lipinski definition) is 2. The van der Waals surface area contributed by atoms with Gasteiger partial charge in [0.25, 0.3) is 0 Å². The van der Waals surface area contributed by atoms with E-state index in [2.05, 4.69) is 26.6 Å². The van der Waals surface area contributed by atoms with Crippen LogP contribution in [0.15, 0.2) is 22.7 Å². The van der Waals surface area contributed by atoms with Gasteiger partial charge in [-0.3, -0.25) is 0 Å². The van der Waals surface area contributed by atoms with E-state index in [9.17, 15) is 18.0 Å². The fourth-order valence-electron chi connectivity index (χ4n) is 1.82. The van der Waals surface area contributed by atoms with Crippen molar-refractivity contribution >= 4 is 27.6 Å².